The lowest BCUT2D eigenvalue weighted by Gasteiger charge is -2.01. The molecule has 5 heteroatoms. The molecule has 0 saturated heterocycles. The van der Waals surface area contributed by atoms with Crippen molar-refractivity contribution in [3.63, 3.8) is 0 Å². The Labute approximate surface area is 116 Å². The minimum atomic E-state index is 0.659. The van der Waals surface area contributed by atoms with E-state index in [4.69, 9.17) is 4.42 Å². The van der Waals surface area contributed by atoms with E-state index in [9.17, 15) is 0 Å². The lowest BCUT2D eigenvalue weighted by atomic mass is 10.1. The van der Waals surface area contributed by atoms with Crippen molar-refractivity contribution in [1.82, 2.24) is 19.9 Å². The van der Waals surface area contributed by atoms with Crippen molar-refractivity contribution in [1.29, 1.82) is 0 Å². The summed E-state index contributed by atoms with van der Waals surface area (Å²) in [5.74, 6) is 1.54. The van der Waals surface area contributed by atoms with E-state index in [1.807, 2.05) is 25.3 Å². The van der Waals surface area contributed by atoms with Crippen LogP contribution in [0.4, 0.5) is 0 Å². The molecule has 0 bridgehead atoms. The lowest BCUT2D eigenvalue weighted by Crippen LogP contribution is -1.97. The van der Waals surface area contributed by atoms with E-state index in [2.05, 4.69) is 19.9 Å². The Balaban J connectivity index is 1.68. The molecule has 0 atom stereocenters. The van der Waals surface area contributed by atoms with E-state index < -0.39 is 0 Å². The molecule has 0 fully saturated rings. The second kappa shape index (κ2) is 5.61. The zero-order chi connectivity index (χ0) is 13.8. The van der Waals surface area contributed by atoms with Crippen molar-refractivity contribution in [2.75, 3.05) is 0 Å². The average Bonchev–Trinajstić information content (AvgIpc) is 2.88. The molecule has 0 aliphatic carbocycles. The van der Waals surface area contributed by atoms with Crippen LogP contribution < -0.4 is 0 Å². The normalized spacial score (nSPS) is 10.7. The molecule has 0 N–H and O–H groups in total. The molecule has 100 valence electrons. The van der Waals surface area contributed by atoms with Gasteiger partial charge in [0.25, 0.3) is 0 Å². The van der Waals surface area contributed by atoms with E-state index in [0.717, 1.165) is 22.7 Å². The first kappa shape index (κ1) is 12.5. The average molecular weight is 266 g/mol. The summed E-state index contributed by atoms with van der Waals surface area (Å²) in [6.07, 6.45) is 10.0. The Hall–Kier alpha value is -2.56. The molecule has 0 spiro atoms. The smallest absolute Gasteiger partial charge is 0.198 e. The van der Waals surface area contributed by atoms with Crippen LogP contribution in [0, 0.1) is 6.92 Å². The van der Waals surface area contributed by atoms with Crippen LogP contribution in [0.2, 0.25) is 0 Å². The molecule has 0 radical (unpaired) electrons. The number of oxazole rings is 1. The molecule has 3 aromatic rings. The van der Waals surface area contributed by atoms with Gasteiger partial charge < -0.3 is 4.42 Å². The third-order valence-electron chi connectivity index (χ3n) is 2.89. The largest absolute Gasteiger partial charge is 0.446 e. The zero-order valence-electron chi connectivity index (χ0n) is 11.2. The van der Waals surface area contributed by atoms with Crippen molar-refractivity contribution in [3.05, 3.63) is 71.7 Å². The second-order valence-electron chi connectivity index (χ2n) is 4.57. The SMILES string of the molecule is Cc1cnc(Cc2ccc(Cc3cnccn3)nc2)o1. The molecule has 20 heavy (non-hydrogen) atoms. The lowest BCUT2D eigenvalue weighted by molar-refractivity contribution is 0.481. The van der Waals surface area contributed by atoms with Crippen molar-refractivity contribution >= 4 is 0 Å². The van der Waals surface area contributed by atoms with E-state index in [0.29, 0.717) is 18.7 Å². The molecule has 0 aliphatic rings. The number of hydrogen-bond donors (Lipinski definition) is 0. The number of aryl methyl sites for hydroxylation is 1. The van der Waals surface area contributed by atoms with E-state index in [-0.39, 0.29) is 0 Å². The van der Waals surface area contributed by atoms with Gasteiger partial charge in [0.1, 0.15) is 5.76 Å². The summed E-state index contributed by atoms with van der Waals surface area (Å²) in [4.78, 5) is 16.9. The van der Waals surface area contributed by atoms with Gasteiger partial charge in [-0.05, 0) is 18.6 Å². The van der Waals surface area contributed by atoms with E-state index in [1.54, 1.807) is 24.8 Å². The van der Waals surface area contributed by atoms with Crippen LogP contribution in [-0.2, 0) is 12.8 Å². The van der Waals surface area contributed by atoms with Gasteiger partial charge >= 0.3 is 0 Å². The third-order valence-corrected chi connectivity index (χ3v) is 2.89. The Morgan fingerprint density at radius 1 is 0.900 bits per heavy atom. The molecule has 3 rings (SSSR count). The van der Waals surface area contributed by atoms with Gasteiger partial charge in [0.2, 0.25) is 0 Å². The van der Waals surface area contributed by atoms with Gasteiger partial charge in [-0.3, -0.25) is 15.0 Å². The van der Waals surface area contributed by atoms with Crippen LogP contribution in [0.3, 0.4) is 0 Å². The number of aromatic nitrogens is 4. The van der Waals surface area contributed by atoms with Gasteiger partial charge in [-0.15, -0.1) is 0 Å². The van der Waals surface area contributed by atoms with Gasteiger partial charge in [-0.2, -0.15) is 0 Å². The van der Waals surface area contributed by atoms with Crippen LogP contribution in [0.15, 0.2) is 47.5 Å². The Morgan fingerprint density at radius 3 is 2.50 bits per heavy atom. The molecular formula is C15H14N4O. The number of hydrogen-bond acceptors (Lipinski definition) is 5. The first-order valence-corrected chi connectivity index (χ1v) is 6.39. The maximum absolute atomic E-state index is 5.46. The number of rotatable bonds is 4. The molecule has 0 amide bonds. The monoisotopic (exact) mass is 266 g/mol. The maximum Gasteiger partial charge on any atom is 0.198 e. The fraction of sp³-hybridized carbons (Fsp3) is 0.200. The molecule has 5 nitrogen and oxygen atoms in total. The second-order valence-corrected chi connectivity index (χ2v) is 4.57. The summed E-state index contributed by atoms with van der Waals surface area (Å²) in [7, 11) is 0. The standard InChI is InChI=1S/C15H14N4O/c1-11-8-19-15(20-11)6-12-2-3-13(18-9-12)7-14-10-16-4-5-17-14/h2-5,8-10H,6-7H2,1H3. The highest BCUT2D eigenvalue weighted by molar-refractivity contribution is 5.20. The molecule has 0 saturated carbocycles. The van der Waals surface area contributed by atoms with Crippen molar-refractivity contribution < 1.29 is 4.42 Å². The first-order valence-electron chi connectivity index (χ1n) is 6.39. The van der Waals surface area contributed by atoms with E-state index >= 15 is 0 Å². The Kier molecular flexibility index (Phi) is 3.50. The quantitative estimate of drug-likeness (QED) is 0.725. The number of pyridine rings is 1. The van der Waals surface area contributed by atoms with Crippen LogP contribution in [0.1, 0.15) is 28.6 Å². The molecule has 3 aromatic heterocycles. The van der Waals surface area contributed by atoms with Gasteiger partial charge in [0.15, 0.2) is 5.89 Å². The fourth-order valence-corrected chi connectivity index (χ4v) is 1.93. The third kappa shape index (κ3) is 3.06. The van der Waals surface area contributed by atoms with Crippen LogP contribution in [0.5, 0.6) is 0 Å². The topological polar surface area (TPSA) is 64.7 Å². The van der Waals surface area contributed by atoms with Crippen molar-refractivity contribution in [2.45, 2.75) is 19.8 Å². The van der Waals surface area contributed by atoms with Crippen LogP contribution in [-0.4, -0.2) is 19.9 Å². The summed E-state index contributed by atoms with van der Waals surface area (Å²) < 4.78 is 5.46. The molecule has 0 aromatic carbocycles. The molecule has 3 heterocycles. The minimum Gasteiger partial charge on any atom is -0.446 e. The molecule has 0 unspecified atom stereocenters. The maximum atomic E-state index is 5.46. The minimum absolute atomic E-state index is 0.659. The van der Waals surface area contributed by atoms with Crippen LogP contribution in [0.25, 0.3) is 0 Å². The summed E-state index contributed by atoms with van der Waals surface area (Å²) in [6, 6.07) is 4.04. The Morgan fingerprint density at radius 2 is 1.85 bits per heavy atom. The molecular weight excluding hydrogens is 252 g/mol. The highest BCUT2D eigenvalue weighted by atomic mass is 16.3. The summed E-state index contributed by atoms with van der Waals surface area (Å²) in [5, 5.41) is 0. The highest BCUT2D eigenvalue weighted by Gasteiger charge is 2.04. The summed E-state index contributed by atoms with van der Waals surface area (Å²) >= 11 is 0. The predicted molar refractivity (Wildman–Crippen MR) is 73.1 cm³/mol. The van der Waals surface area contributed by atoms with Gasteiger partial charge in [-0.25, -0.2) is 4.98 Å². The van der Waals surface area contributed by atoms with Crippen molar-refractivity contribution in [2.24, 2.45) is 0 Å². The number of nitrogens with zero attached hydrogens (tertiary/aromatic N) is 4. The summed E-state index contributed by atoms with van der Waals surface area (Å²) in [5.41, 5.74) is 2.96. The first-order chi connectivity index (χ1) is 9.79. The predicted octanol–water partition coefficient (Wildman–Crippen LogP) is 2.35. The summed E-state index contributed by atoms with van der Waals surface area (Å²) in [6.45, 7) is 1.89. The van der Waals surface area contributed by atoms with Crippen molar-refractivity contribution in [3.8, 4) is 0 Å². The fourth-order valence-electron chi connectivity index (χ4n) is 1.93. The molecule has 0 aliphatic heterocycles. The zero-order valence-corrected chi connectivity index (χ0v) is 11.2. The Bertz CT molecular complexity index is 677. The van der Waals surface area contributed by atoms with Gasteiger partial charge in [-0.1, -0.05) is 6.07 Å². The highest BCUT2D eigenvalue weighted by Crippen LogP contribution is 2.10. The van der Waals surface area contributed by atoms with Gasteiger partial charge in [0, 0.05) is 36.9 Å². The van der Waals surface area contributed by atoms with Crippen LogP contribution >= 0.6 is 0 Å². The van der Waals surface area contributed by atoms with Gasteiger partial charge in [0.05, 0.1) is 18.3 Å². The van der Waals surface area contributed by atoms with E-state index in [1.165, 1.54) is 0 Å².